The molecule has 5 nitrogen and oxygen atoms in total. The van der Waals surface area contributed by atoms with E-state index in [-0.39, 0.29) is 18.1 Å². The molecule has 28 heavy (non-hydrogen) atoms. The number of benzene rings is 2. The van der Waals surface area contributed by atoms with Crippen molar-refractivity contribution in [1.82, 2.24) is 0 Å². The number of quaternary nitrogens is 1. The Balaban J connectivity index is 1.89. The lowest BCUT2D eigenvalue weighted by atomic mass is 10.2. The van der Waals surface area contributed by atoms with Crippen molar-refractivity contribution < 1.29 is 27.7 Å². The summed E-state index contributed by atoms with van der Waals surface area (Å²) >= 11 is 5.79. The molecule has 0 aromatic heterocycles. The molecular formula is C19H20ClF3N3O2+. The quantitative estimate of drug-likeness (QED) is 0.680. The maximum absolute atomic E-state index is 12.6. The SMILES string of the molecule is C[C@@H](C(=O)Nc1ccc(C(F)(F)F)cc1)[NH+](C)CC(=O)Nc1ccc(Cl)cc1. The van der Waals surface area contributed by atoms with Gasteiger partial charge in [0.25, 0.3) is 11.8 Å². The van der Waals surface area contributed by atoms with Gasteiger partial charge in [-0.1, -0.05) is 11.6 Å². The molecule has 2 aromatic carbocycles. The first-order valence-electron chi connectivity index (χ1n) is 8.42. The molecule has 2 amide bonds. The van der Waals surface area contributed by atoms with E-state index in [9.17, 15) is 22.8 Å². The molecule has 0 spiro atoms. The Morgan fingerprint density at radius 1 is 1.00 bits per heavy atom. The van der Waals surface area contributed by atoms with Gasteiger partial charge in [-0.15, -0.1) is 0 Å². The Kier molecular flexibility index (Phi) is 7.04. The second kappa shape index (κ2) is 9.07. The van der Waals surface area contributed by atoms with Gasteiger partial charge in [0, 0.05) is 16.4 Å². The van der Waals surface area contributed by atoms with Crippen LogP contribution in [0.3, 0.4) is 0 Å². The summed E-state index contributed by atoms with van der Waals surface area (Å²) in [5.74, 6) is -0.689. The van der Waals surface area contributed by atoms with Crippen molar-refractivity contribution in [2.24, 2.45) is 0 Å². The molecule has 2 rings (SSSR count). The Bertz CT molecular complexity index is 824. The summed E-state index contributed by atoms with van der Waals surface area (Å²) < 4.78 is 37.7. The van der Waals surface area contributed by atoms with E-state index >= 15 is 0 Å². The molecular weight excluding hydrogens is 395 g/mol. The van der Waals surface area contributed by atoms with Crippen molar-refractivity contribution in [2.45, 2.75) is 19.1 Å². The van der Waals surface area contributed by atoms with E-state index in [1.54, 1.807) is 38.2 Å². The van der Waals surface area contributed by atoms with Crippen molar-refractivity contribution in [3.05, 3.63) is 59.1 Å². The van der Waals surface area contributed by atoms with E-state index in [2.05, 4.69) is 10.6 Å². The van der Waals surface area contributed by atoms with E-state index in [1.165, 1.54) is 12.1 Å². The fraction of sp³-hybridized carbons (Fsp3) is 0.263. The zero-order valence-electron chi connectivity index (χ0n) is 15.2. The van der Waals surface area contributed by atoms with Crippen molar-refractivity contribution in [2.75, 3.05) is 24.2 Å². The number of nitrogens with one attached hydrogen (secondary N) is 3. The Labute approximate surface area is 165 Å². The van der Waals surface area contributed by atoms with Crippen molar-refractivity contribution in [3.8, 4) is 0 Å². The fourth-order valence-electron chi connectivity index (χ4n) is 2.36. The molecule has 1 unspecified atom stereocenters. The van der Waals surface area contributed by atoms with Gasteiger partial charge in [0.05, 0.1) is 12.6 Å². The molecule has 150 valence electrons. The summed E-state index contributed by atoms with van der Waals surface area (Å²) in [6.07, 6.45) is -4.43. The van der Waals surface area contributed by atoms with Crippen LogP contribution in [0.4, 0.5) is 24.5 Å². The van der Waals surface area contributed by atoms with Crippen LogP contribution in [0.15, 0.2) is 48.5 Å². The van der Waals surface area contributed by atoms with E-state index in [1.807, 2.05) is 0 Å². The van der Waals surface area contributed by atoms with Gasteiger partial charge in [-0.05, 0) is 55.5 Å². The minimum Gasteiger partial charge on any atom is -0.321 e. The van der Waals surface area contributed by atoms with E-state index in [0.29, 0.717) is 15.6 Å². The minimum absolute atomic E-state index is 0.0320. The number of alkyl halides is 3. The molecule has 0 aliphatic carbocycles. The highest BCUT2D eigenvalue weighted by Crippen LogP contribution is 2.29. The number of hydrogen-bond acceptors (Lipinski definition) is 2. The molecule has 0 aliphatic rings. The van der Waals surface area contributed by atoms with Gasteiger partial charge in [0.1, 0.15) is 0 Å². The van der Waals surface area contributed by atoms with Crippen LogP contribution < -0.4 is 15.5 Å². The van der Waals surface area contributed by atoms with E-state index in [4.69, 9.17) is 11.6 Å². The van der Waals surface area contributed by atoms with Gasteiger partial charge < -0.3 is 15.5 Å². The summed E-state index contributed by atoms with van der Waals surface area (Å²) in [6.45, 7) is 1.66. The van der Waals surface area contributed by atoms with Gasteiger partial charge in [-0.2, -0.15) is 13.2 Å². The van der Waals surface area contributed by atoms with Gasteiger partial charge in [0.2, 0.25) is 0 Å². The van der Waals surface area contributed by atoms with Gasteiger partial charge in [0.15, 0.2) is 12.6 Å². The summed E-state index contributed by atoms with van der Waals surface area (Å²) in [5.41, 5.74) is 0.0486. The van der Waals surface area contributed by atoms with Gasteiger partial charge in [-0.25, -0.2) is 0 Å². The van der Waals surface area contributed by atoms with Crippen LogP contribution in [0.25, 0.3) is 0 Å². The predicted molar refractivity (Wildman–Crippen MR) is 101 cm³/mol. The van der Waals surface area contributed by atoms with Crippen LogP contribution in [-0.2, 0) is 15.8 Å². The van der Waals surface area contributed by atoms with E-state index in [0.717, 1.165) is 12.1 Å². The normalized spacial score (nSPS) is 13.5. The molecule has 0 bridgehead atoms. The first-order valence-corrected chi connectivity index (χ1v) is 8.80. The van der Waals surface area contributed by atoms with Crippen molar-refractivity contribution in [1.29, 1.82) is 0 Å². The first kappa shape index (κ1) is 21.7. The zero-order chi connectivity index (χ0) is 20.9. The monoisotopic (exact) mass is 414 g/mol. The highest BCUT2D eigenvalue weighted by Gasteiger charge is 2.30. The highest BCUT2D eigenvalue weighted by atomic mass is 35.5. The smallest absolute Gasteiger partial charge is 0.321 e. The maximum Gasteiger partial charge on any atom is 0.416 e. The number of hydrogen-bond donors (Lipinski definition) is 3. The third kappa shape index (κ3) is 6.24. The molecule has 2 aromatic rings. The molecule has 3 N–H and O–H groups in total. The summed E-state index contributed by atoms with van der Waals surface area (Å²) in [4.78, 5) is 25.1. The standard InChI is InChI=1S/C19H19ClF3N3O2/c1-12(18(28)25-16-7-3-13(4-8-16)19(21,22)23)26(2)11-17(27)24-15-9-5-14(20)6-10-15/h3-10,12H,11H2,1-2H3,(H,24,27)(H,25,28)/p+1/t12-/m0/s1. The molecule has 0 heterocycles. The topological polar surface area (TPSA) is 62.6 Å². The maximum atomic E-state index is 12.6. The average Bonchev–Trinajstić information content (AvgIpc) is 2.62. The van der Waals surface area contributed by atoms with Crippen LogP contribution in [0.5, 0.6) is 0 Å². The molecule has 0 saturated heterocycles. The third-order valence-corrected chi connectivity index (χ3v) is 4.43. The lowest BCUT2D eigenvalue weighted by Crippen LogP contribution is -3.14. The summed E-state index contributed by atoms with van der Waals surface area (Å²) in [7, 11) is 1.68. The number of halogens is 4. The summed E-state index contributed by atoms with van der Waals surface area (Å²) in [6, 6.07) is 10.2. The van der Waals surface area contributed by atoms with Crippen LogP contribution in [-0.4, -0.2) is 31.4 Å². The van der Waals surface area contributed by atoms with Gasteiger partial charge in [-0.3, -0.25) is 9.59 Å². The van der Waals surface area contributed by atoms with Crippen LogP contribution in [0.2, 0.25) is 5.02 Å². The molecule has 0 fully saturated rings. The van der Waals surface area contributed by atoms with Crippen LogP contribution in [0, 0.1) is 0 Å². The van der Waals surface area contributed by atoms with Crippen LogP contribution >= 0.6 is 11.6 Å². The average molecular weight is 415 g/mol. The van der Waals surface area contributed by atoms with Gasteiger partial charge >= 0.3 is 6.18 Å². The molecule has 0 aliphatic heterocycles. The number of carbonyl (C=O) groups excluding carboxylic acids is 2. The van der Waals surface area contributed by atoms with Crippen molar-refractivity contribution in [3.63, 3.8) is 0 Å². The molecule has 0 radical (unpaired) electrons. The third-order valence-electron chi connectivity index (χ3n) is 4.18. The minimum atomic E-state index is -4.43. The highest BCUT2D eigenvalue weighted by molar-refractivity contribution is 6.30. The molecule has 2 atom stereocenters. The lowest BCUT2D eigenvalue weighted by Gasteiger charge is -2.20. The predicted octanol–water partition coefficient (Wildman–Crippen LogP) is 2.84. The number of anilines is 2. The Morgan fingerprint density at radius 3 is 2.04 bits per heavy atom. The summed E-state index contributed by atoms with van der Waals surface area (Å²) in [5, 5.41) is 5.81. The zero-order valence-corrected chi connectivity index (χ0v) is 16.0. The number of carbonyl (C=O) groups is 2. The lowest BCUT2D eigenvalue weighted by molar-refractivity contribution is -0.885. The Hall–Kier alpha value is -2.58. The Morgan fingerprint density at radius 2 is 1.50 bits per heavy atom. The number of rotatable bonds is 6. The second-order valence-electron chi connectivity index (χ2n) is 6.36. The molecule has 0 saturated carbocycles. The number of amides is 2. The first-order chi connectivity index (χ1) is 13.1. The largest absolute Gasteiger partial charge is 0.416 e. The molecule has 9 heteroatoms. The van der Waals surface area contributed by atoms with E-state index < -0.39 is 23.7 Å². The fourth-order valence-corrected chi connectivity index (χ4v) is 2.49. The second-order valence-corrected chi connectivity index (χ2v) is 6.80. The number of likely N-dealkylation sites (N-methyl/N-ethyl adjacent to an activating group) is 1. The van der Waals surface area contributed by atoms with Crippen molar-refractivity contribution >= 4 is 34.8 Å². The van der Waals surface area contributed by atoms with Crippen LogP contribution in [0.1, 0.15) is 12.5 Å².